The van der Waals surface area contributed by atoms with Crippen LogP contribution in [-0.2, 0) is 18.2 Å². The Hall–Kier alpha value is -1.66. The Kier molecular flexibility index (Phi) is 4.78. The number of carbonyl (C=O) groups is 1. The molecule has 6 heteroatoms. The Morgan fingerprint density at radius 1 is 1.42 bits per heavy atom. The molecule has 1 amide bonds. The van der Waals surface area contributed by atoms with Gasteiger partial charge in [-0.05, 0) is 43.7 Å². The monoisotopic (exact) mass is 334 g/mol. The van der Waals surface area contributed by atoms with E-state index in [2.05, 4.69) is 0 Å². The van der Waals surface area contributed by atoms with Crippen molar-refractivity contribution in [2.45, 2.75) is 45.3 Å². The molecule has 1 N–H and O–H groups in total. The first kappa shape index (κ1) is 17.2. The summed E-state index contributed by atoms with van der Waals surface area (Å²) in [6.45, 7) is 5.04. The predicted octanol–water partition coefficient (Wildman–Crippen LogP) is 0.868. The topological polar surface area (TPSA) is 71.8 Å². The minimum atomic E-state index is -0.234. The van der Waals surface area contributed by atoms with Gasteiger partial charge in [-0.25, -0.2) is 0 Å². The van der Waals surface area contributed by atoms with Crippen molar-refractivity contribution in [2.24, 2.45) is 13.0 Å². The largest absolute Gasteiger partial charge is 0.396 e. The molecule has 2 fully saturated rings. The molecule has 3 rings (SSSR count). The number of ether oxygens (including phenoxy) is 1. The Morgan fingerprint density at radius 2 is 2.17 bits per heavy atom. The third-order valence-electron chi connectivity index (χ3n) is 5.47. The fourth-order valence-electron chi connectivity index (χ4n) is 4.20. The highest BCUT2D eigenvalue weighted by atomic mass is 16.5. The minimum Gasteiger partial charge on any atom is -0.396 e. The summed E-state index contributed by atoms with van der Waals surface area (Å²) < 4.78 is 7.37. The van der Waals surface area contributed by atoms with Crippen LogP contribution in [0.2, 0.25) is 0 Å². The molecule has 1 saturated carbocycles. The second kappa shape index (κ2) is 6.69. The molecule has 1 aromatic heterocycles. The van der Waals surface area contributed by atoms with Crippen molar-refractivity contribution in [2.75, 3.05) is 19.8 Å². The van der Waals surface area contributed by atoms with Gasteiger partial charge in [0, 0.05) is 25.9 Å². The lowest BCUT2D eigenvalue weighted by atomic mass is 10.1. The van der Waals surface area contributed by atoms with E-state index in [1.165, 1.54) is 0 Å². The molecule has 0 radical (unpaired) electrons. The minimum absolute atomic E-state index is 0.0280. The van der Waals surface area contributed by atoms with Gasteiger partial charge < -0.3 is 19.3 Å². The summed E-state index contributed by atoms with van der Waals surface area (Å²) >= 11 is 0. The van der Waals surface area contributed by atoms with Crippen LogP contribution in [0, 0.1) is 12.8 Å². The van der Waals surface area contributed by atoms with Gasteiger partial charge in [0.25, 0.3) is 11.5 Å². The lowest BCUT2D eigenvalue weighted by Gasteiger charge is -2.37. The number of aliphatic hydroxyl groups excluding tert-OH is 1. The van der Waals surface area contributed by atoms with Crippen molar-refractivity contribution in [1.82, 2.24) is 9.47 Å². The van der Waals surface area contributed by atoms with E-state index in [0.29, 0.717) is 13.2 Å². The lowest BCUT2D eigenvalue weighted by Crippen LogP contribution is -2.52. The molecule has 1 aliphatic heterocycles. The number of amides is 1. The van der Waals surface area contributed by atoms with E-state index < -0.39 is 0 Å². The Morgan fingerprint density at radius 3 is 2.83 bits per heavy atom. The van der Waals surface area contributed by atoms with Crippen LogP contribution in [0.15, 0.2) is 10.9 Å². The summed E-state index contributed by atoms with van der Waals surface area (Å²) in [5.74, 6) is -0.0429. The van der Waals surface area contributed by atoms with E-state index >= 15 is 0 Å². The molecule has 24 heavy (non-hydrogen) atoms. The van der Waals surface area contributed by atoms with E-state index in [4.69, 9.17) is 4.74 Å². The number of nitrogens with zero attached hydrogens (tertiary/aromatic N) is 2. The first-order chi connectivity index (χ1) is 11.5. The van der Waals surface area contributed by atoms with E-state index in [9.17, 15) is 14.7 Å². The molecule has 2 aliphatic rings. The molecule has 2 heterocycles. The molecule has 1 aliphatic carbocycles. The Labute approximate surface area is 142 Å². The molecule has 0 spiro atoms. The molecule has 6 nitrogen and oxygen atoms in total. The van der Waals surface area contributed by atoms with Crippen molar-refractivity contribution < 1.29 is 14.6 Å². The zero-order chi connectivity index (χ0) is 17.4. The summed E-state index contributed by atoms with van der Waals surface area (Å²) in [7, 11) is 1.73. The quantitative estimate of drug-likeness (QED) is 0.890. The maximum absolute atomic E-state index is 13.1. The third kappa shape index (κ3) is 2.78. The molecule has 0 aromatic carbocycles. The van der Waals surface area contributed by atoms with Crippen LogP contribution in [0.4, 0.5) is 0 Å². The SMILES string of the molecule is CCc1c(C)cc(C(=O)N2CCO[C@H]3C[C@H](CO)C[C@@H]32)c(=O)n1C. The van der Waals surface area contributed by atoms with Crippen molar-refractivity contribution in [3.63, 3.8) is 0 Å². The number of aryl methyl sites for hydroxylation is 1. The highest BCUT2D eigenvalue weighted by molar-refractivity contribution is 5.94. The average molecular weight is 334 g/mol. The number of fused-ring (bicyclic) bond motifs is 1. The van der Waals surface area contributed by atoms with Crippen LogP contribution in [0.5, 0.6) is 0 Å². The molecule has 0 bridgehead atoms. The summed E-state index contributed by atoms with van der Waals surface area (Å²) in [5.41, 5.74) is 1.92. The maximum Gasteiger partial charge on any atom is 0.263 e. The van der Waals surface area contributed by atoms with Gasteiger partial charge >= 0.3 is 0 Å². The molecule has 1 aromatic rings. The van der Waals surface area contributed by atoms with Gasteiger partial charge in [-0.15, -0.1) is 0 Å². The average Bonchev–Trinajstić information content (AvgIpc) is 3.01. The van der Waals surface area contributed by atoms with E-state index in [0.717, 1.165) is 30.5 Å². The molecule has 132 valence electrons. The molecular weight excluding hydrogens is 308 g/mol. The van der Waals surface area contributed by atoms with Crippen molar-refractivity contribution in [1.29, 1.82) is 0 Å². The number of aliphatic hydroxyl groups is 1. The number of carbonyl (C=O) groups excluding carboxylic acids is 1. The van der Waals surface area contributed by atoms with Crippen LogP contribution >= 0.6 is 0 Å². The maximum atomic E-state index is 13.1. The Balaban J connectivity index is 1.93. The van der Waals surface area contributed by atoms with Gasteiger partial charge in [0.05, 0.1) is 18.8 Å². The number of hydrogen-bond acceptors (Lipinski definition) is 4. The number of hydrogen-bond donors (Lipinski definition) is 1. The second-order valence-corrected chi connectivity index (χ2v) is 6.90. The van der Waals surface area contributed by atoms with Crippen LogP contribution < -0.4 is 5.56 Å². The summed E-state index contributed by atoms with van der Waals surface area (Å²) in [4.78, 5) is 27.5. The van der Waals surface area contributed by atoms with Gasteiger partial charge in [-0.1, -0.05) is 6.92 Å². The molecule has 0 unspecified atom stereocenters. The molecular formula is C18H26N2O4. The van der Waals surface area contributed by atoms with Gasteiger partial charge in [-0.3, -0.25) is 9.59 Å². The zero-order valence-corrected chi connectivity index (χ0v) is 14.6. The highest BCUT2D eigenvalue weighted by Crippen LogP contribution is 2.34. The van der Waals surface area contributed by atoms with Crippen LogP contribution in [0.1, 0.15) is 41.4 Å². The molecule has 1 saturated heterocycles. The van der Waals surface area contributed by atoms with Crippen molar-refractivity contribution >= 4 is 5.91 Å². The third-order valence-corrected chi connectivity index (χ3v) is 5.47. The first-order valence-electron chi connectivity index (χ1n) is 8.70. The normalized spacial score (nSPS) is 26.5. The van der Waals surface area contributed by atoms with Gasteiger partial charge in [0.1, 0.15) is 5.56 Å². The van der Waals surface area contributed by atoms with Crippen LogP contribution in [-0.4, -0.2) is 52.4 Å². The smallest absolute Gasteiger partial charge is 0.263 e. The first-order valence-corrected chi connectivity index (χ1v) is 8.70. The Bertz CT molecular complexity index is 697. The van der Waals surface area contributed by atoms with Crippen molar-refractivity contribution in [3.05, 3.63) is 33.2 Å². The number of aromatic nitrogens is 1. The van der Waals surface area contributed by atoms with Crippen molar-refractivity contribution in [3.8, 4) is 0 Å². The summed E-state index contributed by atoms with van der Waals surface area (Å²) in [5, 5.41) is 9.42. The zero-order valence-electron chi connectivity index (χ0n) is 14.6. The number of rotatable bonds is 3. The molecule has 3 atom stereocenters. The summed E-state index contributed by atoms with van der Waals surface area (Å²) in [6, 6.07) is 1.69. The highest BCUT2D eigenvalue weighted by Gasteiger charge is 2.43. The standard InChI is InChI=1S/C18H26N2O4/c1-4-14-11(2)7-13(17(22)19(14)3)18(23)20-5-6-24-16-9-12(10-21)8-15(16)20/h7,12,15-16,21H,4-6,8-10H2,1-3H3/t12-,15+,16+/m1/s1. The second-order valence-electron chi connectivity index (χ2n) is 6.90. The predicted molar refractivity (Wildman–Crippen MR) is 90.2 cm³/mol. The van der Waals surface area contributed by atoms with E-state index in [1.54, 1.807) is 22.6 Å². The fraction of sp³-hybridized carbons (Fsp3) is 0.667. The number of pyridine rings is 1. The van der Waals surface area contributed by atoms with Gasteiger partial charge in [0.2, 0.25) is 0 Å². The van der Waals surface area contributed by atoms with Crippen LogP contribution in [0.3, 0.4) is 0 Å². The lowest BCUT2D eigenvalue weighted by molar-refractivity contribution is -0.0449. The fourth-order valence-corrected chi connectivity index (χ4v) is 4.20. The van der Waals surface area contributed by atoms with E-state index in [1.807, 2.05) is 13.8 Å². The van der Waals surface area contributed by atoms with Gasteiger partial charge in [0.15, 0.2) is 0 Å². The van der Waals surface area contributed by atoms with Gasteiger partial charge in [-0.2, -0.15) is 0 Å². The summed E-state index contributed by atoms with van der Waals surface area (Å²) in [6.07, 6.45) is 2.24. The number of morpholine rings is 1. The van der Waals surface area contributed by atoms with Crippen LogP contribution in [0.25, 0.3) is 0 Å². The van der Waals surface area contributed by atoms with E-state index in [-0.39, 0.29) is 41.7 Å².